The molecular weight excluding hydrogens is 440 g/mol. The molecule has 32 heavy (non-hydrogen) atoms. The molecule has 172 valence electrons. The normalized spacial score (nSPS) is 12.0. The van der Waals surface area contributed by atoms with Crippen LogP contribution in [0.25, 0.3) is 11.2 Å². The summed E-state index contributed by atoms with van der Waals surface area (Å²) in [5, 5.41) is 10.9. The molecule has 0 saturated heterocycles. The number of fused-ring (bicyclic) bond motifs is 1. The van der Waals surface area contributed by atoms with E-state index in [4.69, 9.17) is 14.2 Å². The van der Waals surface area contributed by atoms with Gasteiger partial charge < -0.3 is 23.9 Å². The van der Waals surface area contributed by atoms with Gasteiger partial charge >= 0.3 is 11.7 Å². The molecule has 0 aliphatic heterocycles. The third kappa shape index (κ3) is 5.32. The molecule has 3 rings (SSSR count). The van der Waals surface area contributed by atoms with Crippen molar-refractivity contribution in [3.8, 4) is 11.5 Å². The number of carbonyl (C=O) groups excluding carboxylic acids is 1. The minimum atomic E-state index is -1.01. The number of aliphatic hydroxyl groups is 1. The summed E-state index contributed by atoms with van der Waals surface area (Å²) >= 11 is 1.05. The first-order chi connectivity index (χ1) is 15.3. The number of aryl methyl sites for hydroxylation is 1. The predicted octanol–water partition coefficient (Wildman–Crippen LogP) is 0.527. The summed E-state index contributed by atoms with van der Waals surface area (Å²) in [6, 6.07) is 6.88. The first-order valence-corrected chi connectivity index (χ1v) is 10.8. The number of ether oxygens (including phenoxy) is 3. The number of aliphatic hydroxyl groups excluding tert-OH is 1. The Morgan fingerprint density at radius 1 is 1.25 bits per heavy atom. The van der Waals surface area contributed by atoms with Crippen molar-refractivity contribution in [3.05, 3.63) is 45.1 Å². The van der Waals surface area contributed by atoms with Gasteiger partial charge in [0.05, 0.1) is 26.0 Å². The zero-order valence-electron chi connectivity index (χ0n) is 17.9. The van der Waals surface area contributed by atoms with Gasteiger partial charge in [-0.05, 0) is 31.2 Å². The zero-order valence-corrected chi connectivity index (χ0v) is 18.7. The Labute approximate surface area is 186 Å². The van der Waals surface area contributed by atoms with Crippen LogP contribution in [-0.4, -0.2) is 62.4 Å². The van der Waals surface area contributed by atoms with Crippen molar-refractivity contribution in [2.45, 2.75) is 24.7 Å². The monoisotopic (exact) mass is 464 g/mol. The summed E-state index contributed by atoms with van der Waals surface area (Å²) in [5.41, 5.74) is -0.991. The van der Waals surface area contributed by atoms with E-state index in [1.807, 2.05) is 0 Å². The summed E-state index contributed by atoms with van der Waals surface area (Å²) < 4.78 is 18.3. The minimum absolute atomic E-state index is 0.0402. The first kappa shape index (κ1) is 23.4. The molecule has 0 fully saturated rings. The van der Waals surface area contributed by atoms with E-state index in [2.05, 4.69) is 9.97 Å². The summed E-state index contributed by atoms with van der Waals surface area (Å²) in [5.74, 6) is 0.734. The average Bonchev–Trinajstić information content (AvgIpc) is 3.14. The lowest BCUT2D eigenvalue weighted by Gasteiger charge is -2.15. The number of imidazole rings is 1. The van der Waals surface area contributed by atoms with Crippen LogP contribution in [0.2, 0.25) is 0 Å². The Morgan fingerprint density at radius 2 is 1.94 bits per heavy atom. The topological polar surface area (TPSA) is 138 Å². The number of thioether (sulfide) groups is 1. The first-order valence-electron chi connectivity index (χ1n) is 9.76. The molecule has 1 aromatic carbocycles. The molecule has 0 amide bonds. The molecule has 2 aromatic heterocycles. The van der Waals surface area contributed by atoms with E-state index in [0.29, 0.717) is 16.7 Å². The van der Waals surface area contributed by atoms with Gasteiger partial charge in [-0.3, -0.25) is 19.1 Å². The van der Waals surface area contributed by atoms with Gasteiger partial charge in [-0.2, -0.15) is 0 Å². The lowest BCUT2D eigenvalue weighted by Crippen LogP contribution is -2.30. The second-order valence-corrected chi connectivity index (χ2v) is 7.67. The van der Waals surface area contributed by atoms with Crippen molar-refractivity contribution in [2.75, 3.05) is 26.1 Å². The molecule has 0 saturated carbocycles. The predicted molar refractivity (Wildman–Crippen MR) is 117 cm³/mol. The maximum Gasteiger partial charge on any atom is 0.329 e. The number of nitrogens with one attached hydrogen (secondary N) is 1. The molecule has 0 bridgehead atoms. The van der Waals surface area contributed by atoms with Crippen LogP contribution in [0, 0.1) is 0 Å². The largest absolute Gasteiger partial charge is 0.497 e. The Morgan fingerprint density at radius 3 is 2.59 bits per heavy atom. The Kier molecular flexibility index (Phi) is 7.59. The number of methoxy groups -OCH3 is 1. The molecule has 0 aliphatic rings. The van der Waals surface area contributed by atoms with Crippen LogP contribution in [0.5, 0.6) is 11.5 Å². The molecule has 12 heteroatoms. The number of esters is 1. The molecule has 0 unspecified atom stereocenters. The smallest absolute Gasteiger partial charge is 0.329 e. The number of hydrogen-bond acceptors (Lipinski definition) is 9. The van der Waals surface area contributed by atoms with E-state index in [-0.39, 0.29) is 36.7 Å². The zero-order chi connectivity index (χ0) is 23.3. The van der Waals surface area contributed by atoms with Crippen molar-refractivity contribution >= 4 is 28.9 Å². The number of H-pyrrole nitrogens is 1. The highest BCUT2D eigenvalue weighted by Gasteiger charge is 2.21. The van der Waals surface area contributed by atoms with Crippen molar-refractivity contribution < 1.29 is 24.1 Å². The van der Waals surface area contributed by atoms with E-state index in [9.17, 15) is 19.5 Å². The number of carbonyl (C=O) groups is 1. The number of nitrogens with zero attached hydrogens (tertiary/aromatic N) is 3. The highest BCUT2D eigenvalue weighted by molar-refractivity contribution is 7.99. The highest BCUT2D eigenvalue weighted by Crippen LogP contribution is 2.23. The highest BCUT2D eigenvalue weighted by atomic mass is 32.2. The maximum atomic E-state index is 12.5. The molecule has 3 aromatic rings. The van der Waals surface area contributed by atoms with Gasteiger partial charge in [0, 0.05) is 7.05 Å². The average molecular weight is 465 g/mol. The summed E-state index contributed by atoms with van der Waals surface area (Å²) in [7, 11) is 3.03. The summed E-state index contributed by atoms with van der Waals surface area (Å²) in [6.45, 7) is 1.84. The van der Waals surface area contributed by atoms with Crippen LogP contribution in [0.4, 0.5) is 0 Å². The number of aromatic amines is 1. The molecule has 2 N–H and O–H groups in total. The van der Waals surface area contributed by atoms with Gasteiger partial charge in [0.25, 0.3) is 5.56 Å². The second-order valence-electron chi connectivity index (χ2n) is 6.73. The standard InChI is InChI=1S/C20H24N4O7S/c1-4-30-15(26)11-32-20-21-17-16(18(27)22-19(28)23(17)2)24(20)9-12(25)10-31-14-7-5-13(29-3)6-8-14/h5-8,12,25H,4,9-11H2,1-3H3,(H,22,27,28)/t12-/m0/s1. The van der Waals surface area contributed by atoms with Crippen LogP contribution < -0.4 is 20.7 Å². The number of hydrogen-bond donors (Lipinski definition) is 2. The van der Waals surface area contributed by atoms with E-state index < -0.39 is 23.3 Å². The number of benzene rings is 1. The molecular formula is C20H24N4O7S. The third-order valence-electron chi connectivity index (χ3n) is 4.49. The molecule has 0 spiro atoms. The van der Waals surface area contributed by atoms with Gasteiger partial charge in [0.2, 0.25) is 0 Å². The molecule has 0 radical (unpaired) electrons. The quantitative estimate of drug-likeness (QED) is 0.325. The fourth-order valence-corrected chi connectivity index (χ4v) is 3.75. The van der Waals surface area contributed by atoms with Crippen molar-refractivity contribution in [3.63, 3.8) is 0 Å². The van der Waals surface area contributed by atoms with Crippen LogP contribution >= 0.6 is 11.8 Å². The molecule has 11 nitrogen and oxygen atoms in total. The SMILES string of the molecule is CCOC(=O)CSc1nc2c(c(=O)[nH]c(=O)n2C)n1C[C@H](O)COc1ccc(OC)cc1. The Hall–Kier alpha value is -3.25. The van der Waals surface area contributed by atoms with Crippen molar-refractivity contribution in [2.24, 2.45) is 7.05 Å². The van der Waals surface area contributed by atoms with Crippen LogP contribution in [0.3, 0.4) is 0 Å². The summed E-state index contributed by atoms with van der Waals surface area (Å²) in [6.07, 6.45) is -1.01. The minimum Gasteiger partial charge on any atom is -0.497 e. The van der Waals surface area contributed by atoms with E-state index >= 15 is 0 Å². The molecule has 1 atom stereocenters. The fourth-order valence-electron chi connectivity index (χ4n) is 2.95. The van der Waals surface area contributed by atoms with Gasteiger partial charge in [0.1, 0.15) is 24.2 Å². The third-order valence-corrected chi connectivity index (χ3v) is 5.44. The van der Waals surface area contributed by atoms with Crippen molar-refractivity contribution in [1.82, 2.24) is 19.1 Å². The van der Waals surface area contributed by atoms with Gasteiger partial charge in [0.15, 0.2) is 16.3 Å². The van der Waals surface area contributed by atoms with Gasteiger partial charge in [-0.25, -0.2) is 9.78 Å². The van der Waals surface area contributed by atoms with Crippen LogP contribution in [0.1, 0.15) is 6.92 Å². The molecule has 0 aliphatic carbocycles. The van der Waals surface area contributed by atoms with Gasteiger partial charge in [-0.15, -0.1) is 0 Å². The van der Waals surface area contributed by atoms with Crippen LogP contribution in [-0.2, 0) is 23.1 Å². The fraction of sp³-hybridized carbons (Fsp3) is 0.400. The Balaban J connectivity index is 1.84. The van der Waals surface area contributed by atoms with Crippen LogP contribution in [0.15, 0.2) is 39.0 Å². The number of aromatic nitrogens is 4. The Bertz CT molecular complexity index is 1200. The van der Waals surface area contributed by atoms with Crippen molar-refractivity contribution in [1.29, 1.82) is 0 Å². The van der Waals surface area contributed by atoms with Gasteiger partial charge in [-0.1, -0.05) is 11.8 Å². The summed E-state index contributed by atoms with van der Waals surface area (Å²) in [4.78, 5) is 42.8. The second kappa shape index (κ2) is 10.4. The maximum absolute atomic E-state index is 12.5. The molecule has 2 heterocycles. The van der Waals surface area contributed by atoms with E-state index in [1.165, 1.54) is 16.2 Å². The van der Waals surface area contributed by atoms with E-state index in [0.717, 1.165) is 11.8 Å². The van der Waals surface area contributed by atoms with E-state index in [1.54, 1.807) is 38.3 Å². The lowest BCUT2D eigenvalue weighted by atomic mass is 10.3. The number of rotatable bonds is 10. The lowest BCUT2D eigenvalue weighted by molar-refractivity contribution is -0.139.